The predicted molar refractivity (Wildman–Crippen MR) is 211 cm³/mol. The van der Waals surface area contributed by atoms with Gasteiger partial charge >= 0.3 is 5.97 Å². The monoisotopic (exact) mass is 740 g/mol. The summed E-state index contributed by atoms with van der Waals surface area (Å²) in [4.78, 5) is 29.6. The zero-order valence-corrected chi connectivity index (χ0v) is 34.9. The summed E-state index contributed by atoms with van der Waals surface area (Å²) in [6, 6.07) is 3.98. The molecule has 10 heteroatoms. The highest BCUT2D eigenvalue weighted by atomic mass is 32.2. The Kier molecular flexibility index (Phi) is 13.8. The molecular formula is C41H64N2O6SSi. The highest BCUT2D eigenvalue weighted by molar-refractivity contribution is 8.04. The molecular weight excluding hydrogens is 677 g/mol. The van der Waals surface area contributed by atoms with Gasteiger partial charge in [0.1, 0.15) is 29.3 Å². The molecule has 1 saturated heterocycles. The number of benzene rings is 1. The number of carbonyl (C=O) groups excluding carboxylic acids is 2. The lowest BCUT2D eigenvalue weighted by Gasteiger charge is -2.48. The summed E-state index contributed by atoms with van der Waals surface area (Å²) in [5, 5.41) is 14.7. The number of thioether (sulfide) groups is 1. The lowest BCUT2D eigenvalue weighted by atomic mass is 9.73. The third-order valence-electron chi connectivity index (χ3n) is 11.0. The van der Waals surface area contributed by atoms with Crippen molar-refractivity contribution in [1.82, 2.24) is 10.2 Å². The molecule has 0 aromatic heterocycles. The molecule has 3 aliphatic rings. The summed E-state index contributed by atoms with van der Waals surface area (Å²) < 4.78 is 18.8. The molecule has 1 amide bonds. The van der Waals surface area contributed by atoms with Gasteiger partial charge in [0, 0.05) is 22.9 Å². The van der Waals surface area contributed by atoms with Crippen molar-refractivity contribution in [3.63, 3.8) is 0 Å². The maximum absolute atomic E-state index is 13.7. The van der Waals surface area contributed by atoms with Gasteiger partial charge in [-0.1, -0.05) is 78.2 Å². The average molecular weight is 741 g/mol. The Hall–Kier alpha value is -2.53. The molecule has 2 heterocycles. The highest BCUT2D eigenvalue weighted by Crippen LogP contribution is 2.52. The minimum atomic E-state index is -2.12. The molecule has 1 unspecified atom stereocenters. The molecule has 0 bridgehead atoms. The molecule has 284 valence electrons. The summed E-state index contributed by atoms with van der Waals surface area (Å²) in [7, 11) is -2.12. The third-order valence-corrected chi connectivity index (χ3v) is 16.9. The number of aromatic hydroxyl groups is 1. The molecule has 8 nitrogen and oxygen atoms in total. The number of β-lactam (4-membered cyclic amide) rings is 1. The van der Waals surface area contributed by atoms with Crippen LogP contribution in [0.5, 0.6) is 11.5 Å². The molecule has 2 N–H and O–H groups in total. The molecule has 1 aliphatic carbocycles. The number of phenols is 1. The topological polar surface area (TPSA) is 97.3 Å². The molecule has 51 heavy (non-hydrogen) atoms. The smallest absolute Gasteiger partial charge is 0.355 e. The molecule has 5 atom stereocenters. The van der Waals surface area contributed by atoms with Crippen LogP contribution in [-0.2, 0) is 25.2 Å². The second-order valence-corrected chi connectivity index (χ2v) is 22.8. The van der Waals surface area contributed by atoms with Crippen LogP contribution in [0.4, 0.5) is 0 Å². The van der Waals surface area contributed by atoms with Crippen molar-refractivity contribution in [3.05, 3.63) is 57.7 Å². The molecule has 1 aromatic carbocycles. The quantitative estimate of drug-likeness (QED) is 0.0407. The predicted octanol–water partition coefficient (Wildman–Crippen LogP) is 9.42. The van der Waals surface area contributed by atoms with Gasteiger partial charge in [0.05, 0.1) is 18.6 Å². The van der Waals surface area contributed by atoms with Crippen molar-refractivity contribution < 1.29 is 28.6 Å². The zero-order valence-electron chi connectivity index (χ0n) is 33.1. The summed E-state index contributed by atoms with van der Waals surface area (Å²) in [6.45, 7) is 28.4. The number of fused-ring (bicyclic) bond motifs is 1. The molecule has 4 rings (SSSR count). The largest absolute Gasteiger partial charge is 0.507 e. The minimum Gasteiger partial charge on any atom is -0.507 e. The Bertz CT molecular complexity index is 1510. The van der Waals surface area contributed by atoms with E-state index < -0.39 is 14.3 Å². The van der Waals surface area contributed by atoms with E-state index in [4.69, 9.17) is 13.9 Å². The number of hydrogen-bond acceptors (Lipinski definition) is 8. The first kappa shape index (κ1) is 41.2. The van der Waals surface area contributed by atoms with E-state index in [2.05, 4.69) is 78.7 Å². The Morgan fingerprint density at radius 1 is 1.20 bits per heavy atom. The molecule has 1 fully saturated rings. The summed E-state index contributed by atoms with van der Waals surface area (Å²) in [5.41, 5.74) is 4.57. The Labute approximate surface area is 313 Å². The van der Waals surface area contributed by atoms with Gasteiger partial charge in [-0.2, -0.15) is 0 Å². The molecule has 0 spiro atoms. The highest BCUT2D eigenvalue weighted by Gasteiger charge is 2.59. The van der Waals surface area contributed by atoms with Gasteiger partial charge in [-0.05, 0) is 94.1 Å². The number of nitrogens with zero attached hydrogens (tertiary/aromatic N) is 1. The van der Waals surface area contributed by atoms with E-state index in [1.54, 1.807) is 16.7 Å². The Morgan fingerprint density at radius 3 is 2.53 bits per heavy atom. The van der Waals surface area contributed by atoms with Gasteiger partial charge in [-0.15, -0.1) is 11.8 Å². The molecule has 1 aromatic rings. The van der Waals surface area contributed by atoms with Crippen LogP contribution in [0.3, 0.4) is 0 Å². The van der Waals surface area contributed by atoms with Gasteiger partial charge in [0.15, 0.2) is 8.32 Å². The van der Waals surface area contributed by atoms with Crippen molar-refractivity contribution in [3.8, 4) is 11.5 Å². The fourth-order valence-corrected chi connectivity index (χ4v) is 10.0. The second-order valence-electron chi connectivity index (χ2n) is 16.8. The summed E-state index contributed by atoms with van der Waals surface area (Å²) in [6.07, 6.45) is 8.14. The first-order chi connectivity index (χ1) is 23.9. The van der Waals surface area contributed by atoms with E-state index in [9.17, 15) is 14.7 Å². The van der Waals surface area contributed by atoms with Crippen LogP contribution in [0.2, 0.25) is 18.1 Å². The second kappa shape index (κ2) is 17.1. The number of hydrogen-bond donors (Lipinski definition) is 2. The van der Waals surface area contributed by atoms with Crippen molar-refractivity contribution in [2.24, 2.45) is 17.8 Å². The van der Waals surface area contributed by atoms with E-state index in [-0.39, 0.29) is 65.2 Å². The SMILES string of the molecule is C=C(C)[C@@H]1CCC(C)=C[C@H]1c1c(O)cc(CCCCC)cc1OCNCC1=C(C(=O)OCC(C)C)N2C(=O)[C@H]([C@@H](C)O[Si](C)(C)C(C)(C)C)C2S1. The number of ether oxygens (including phenoxy) is 2. The number of esters is 1. The number of carbonyl (C=O) groups is 2. The Morgan fingerprint density at radius 2 is 1.90 bits per heavy atom. The summed E-state index contributed by atoms with van der Waals surface area (Å²) >= 11 is 1.54. The first-order valence-electron chi connectivity index (χ1n) is 19.0. The van der Waals surface area contributed by atoms with Crippen molar-refractivity contribution in [2.45, 2.75) is 136 Å². The van der Waals surface area contributed by atoms with Crippen molar-refractivity contribution in [2.75, 3.05) is 19.9 Å². The fourth-order valence-electron chi connectivity index (χ4n) is 7.03. The van der Waals surface area contributed by atoms with Gasteiger partial charge in [0.2, 0.25) is 5.91 Å². The Balaban J connectivity index is 1.55. The first-order valence-corrected chi connectivity index (χ1v) is 22.8. The van der Waals surface area contributed by atoms with Crippen molar-refractivity contribution >= 4 is 32.0 Å². The van der Waals surface area contributed by atoms with Gasteiger partial charge < -0.3 is 19.0 Å². The maximum atomic E-state index is 13.7. The lowest BCUT2D eigenvalue weighted by Crippen LogP contribution is -2.62. The van der Waals surface area contributed by atoms with Crippen LogP contribution in [0.25, 0.3) is 0 Å². The van der Waals surface area contributed by atoms with Gasteiger partial charge in [-0.3, -0.25) is 15.0 Å². The maximum Gasteiger partial charge on any atom is 0.355 e. The van der Waals surface area contributed by atoms with E-state index in [0.29, 0.717) is 18.0 Å². The lowest BCUT2D eigenvalue weighted by molar-refractivity contribution is -0.158. The number of phenolic OH excluding ortho intramolecular Hbond substituents is 1. The molecule has 0 radical (unpaired) electrons. The van der Waals surface area contributed by atoms with Crippen LogP contribution in [0.1, 0.15) is 111 Å². The van der Waals surface area contributed by atoms with Crippen molar-refractivity contribution in [1.29, 1.82) is 0 Å². The number of rotatable bonds is 17. The minimum absolute atomic E-state index is 0.0128. The fraction of sp³-hybridized carbons (Fsp3) is 0.659. The molecule has 2 aliphatic heterocycles. The average Bonchev–Trinajstić information content (AvgIpc) is 3.35. The van der Waals surface area contributed by atoms with Crippen LogP contribution in [0.15, 0.2) is 46.5 Å². The van der Waals surface area contributed by atoms with Gasteiger partial charge in [-0.25, -0.2) is 4.79 Å². The van der Waals surface area contributed by atoms with E-state index >= 15 is 0 Å². The van der Waals surface area contributed by atoms with Gasteiger partial charge in [0.25, 0.3) is 0 Å². The van der Waals surface area contributed by atoms with Crippen LogP contribution < -0.4 is 10.1 Å². The number of aryl methyl sites for hydroxylation is 1. The third kappa shape index (κ3) is 9.53. The number of amides is 1. The van der Waals surface area contributed by atoms with E-state index in [1.165, 1.54) is 5.57 Å². The van der Waals surface area contributed by atoms with Crippen LogP contribution in [-0.4, -0.2) is 61.6 Å². The van der Waals surface area contributed by atoms with E-state index in [1.807, 2.05) is 26.8 Å². The zero-order chi connectivity index (χ0) is 37.8. The van der Waals surface area contributed by atoms with Crippen LogP contribution in [0, 0.1) is 17.8 Å². The number of unbranched alkanes of at least 4 members (excludes halogenated alkanes) is 2. The molecule has 0 saturated carbocycles. The normalized spacial score (nSPS) is 22.9. The summed E-state index contributed by atoms with van der Waals surface area (Å²) in [5.74, 6) is 0.349. The van der Waals surface area contributed by atoms with E-state index in [0.717, 1.165) is 60.1 Å². The van der Waals surface area contributed by atoms with Crippen LogP contribution >= 0.6 is 11.8 Å². The standard InChI is InChI=1S/C41H64N2O6SSi/c1-13-14-15-16-29-20-32(44)36(31-19-27(6)17-18-30(31)26(4)5)33(21-29)48-24-42-22-34-37(40(46)47-23-25(2)3)43-38(45)35(39(43)50-34)28(7)49-51(11,12)41(8,9)10/h19-21,25,28,30-31,35,39,42,44H,4,13-18,22-24H2,1-3,5-12H3/t28-,30+,31-,35+,39?/m1/s1. The number of nitrogens with one attached hydrogen (secondary N) is 1. The number of allylic oxidation sites excluding steroid dienone is 3.